The van der Waals surface area contributed by atoms with Crippen LogP contribution in [0.15, 0.2) is 36.5 Å². The topological polar surface area (TPSA) is 101 Å². The van der Waals surface area contributed by atoms with E-state index in [-0.39, 0.29) is 18.1 Å². The molecule has 1 aliphatic heterocycles. The van der Waals surface area contributed by atoms with Crippen LogP contribution in [0, 0.1) is 10.1 Å². The van der Waals surface area contributed by atoms with Gasteiger partial charge in [-0.15, -0.1) is 0 Å². The van der Waals surface area contributed by atoms with Crippen molar-refractivity contribution in [2.45, 2.75) is 19.4 Å². The number of rotatable bonds is 5. The minimum atomic E-state index is -0.498. The average Bonchev–Trinajstić information content (AvgIpc) is 3.15. The van der Waals surface area contributed by atoms with Crippen molar-refractivity contribution in [1.29, 1.82) is 0 Å². The molecule has 8 nitrogen and oxygen atoms in total. The molecule has 0 atom stereocenters. The van der Waals surface area contributed by atoms with E-state index in [1.807, 2.05) is 0 Å². The molecule has 0 saturated carbocycles. The van der Waals surface area contributed by atoms with E-state index in [2.05, 4.69) is 20.2 Å². The van der Waals surface area contributed by atoms with Gasteiger partial charge in [0.25, 0.3) is 11.6 Å². The van der Waals surface area contributed by atoms with Crippen LogP contribution >= 0.6 is 0 Å². The summed E-state index contributed by atoms with van der Waals surface area (Å²) in [7, 11) is 0. The number of nitro groups is 1. The Hall–Kier alpha value is -3.03. The molecule has 2 aromatic rings. The van der Waals surface area contributed by atoms with Gasteiger partial charge in [0.1, 0.15) is 0 Å². The van der Waals surface area contributed by atoms with E-state index in [4.69, 9.17) is 0 Å². The number of non-ortho nitro benzene ring substituents is 1. The Morgan fingerprint density at radius 1 is 1.21 bits per heavy atom. The summed E-state index contributed by atoms with van der Waals surface area (Å²) >= 11 is 0. The number of carbonyl (C=O) groups is 1. The summed E-state index contributed by atoms with van der Waals surface area (Å²) < 4.78 is 0. The Morgan fingerprint density at radius 2 is 1.92 bits per heavy atom. The zero-order chi connectivity index (χ0) is 16.9. The molecule has 0 aliphatic carbocycles. The lowest BCUT2D eigenvalue weighted by molar-refractivity contribution is -0.384. The summed E-state index contributed by atoms with van der Waals surface area (Å²) in [5.74, 6) is 0.390. The van der Waals surface area contributed by atoms with E-state index in [1.165, 1.54) is 24.3 Å². The largest absolute Gasteiger partial charge is 0.346 e. The number of carbonyl (C=O) groups excluding carboxylic acids is 1. The third-order valence-electron chi connectivity index (χ3n) is 3.86. The number of aromatic nitrogens is 2. The quantitative estimate of drug-likeness (QED) is 0.665. The molecule has 0 radical (unpaired) electrons. The molecule has 3 rings (SSSR count). The highest BCUT2D eigenvalue weighted by Crippen LogP contribution is 2.15. The van der Waals surface area contributed by atoms with Crippen molar-refractivity contribution < 1.29 is 9.72 Å². The minimum absolute atomic E-state index is 0.0439. The van der Waals surface area contributed by atoms with E-state index in [9.17, 15) is 14.9 Å². The molecule has 24 heavy (non-hydrogen) atoms. The van der Waals surface area contributed by atoms with Crippen LogP contribution in [-0.4, -0.2) is 33.9 Å². The fourth-order valence-corrected chi connectivity index (χ4v) is 2.56. The Labute approximate surface area is 138 Å². The van der Waals surface area contributed by atoms with Gasteiger partial charge >= 0.3 is 0 Å². The van der Waals surface area contributed by atoms with Gasteiger partial charge in [-0.3, -0.25) is 14.9 Å². The number of nitrogens with one attached hydrogen (secondary N) is 1. The van der Waals surface area contributed by atoms with Crippen molar-refractivity contribution in [2.75, 3.05) is 18.0 Å². The van der Waals surface area contributed by atoms with Crippen molar-refractivity contribution in [3.05, 3.63) is 57.9 Å². The normalized spacial score (nSPS) is 13.8. The molecule has 1 saturated heterocycles. The SMILES string of the molecule is O=C(NCc1ccnc(N2CCCC2)n1)c1ccc([N+](=O)[O-])cc1. The predicted octanol–water partition coefficient (Wildman–Crippen LogP) is 1.91. The van der Waals surface area contributed by atoms with E-state index in [0.717, 1.165) is 31.6 Å². The van der Waals surface area contributed by atoms with Gasteiger partial charge in [-0.1, -0.05) is 0 Å². The number of hydrogen-bond acceptors (Lipinski definition) is 6. The standard InChI is InChI=1S/C16H17N5O3/c22-15(12-3-5-14(6-4-12)21(23)24)18-11-13-7-8-17-16(19-13)20-9-1-2-10-20/h3-8H,1-2,9-11H2,(H,18,22). The number of amides is 1. The lowest BCUT2D eigenvalue weighted by Gasteiger charge is -2.15. The lowest BCUT2D eigenvalue weighted by atomic mass is 10.2. The molecule has 0 unspecified atom stereocenters. The summed E-state index contributed by atoms with van der Waals surface area (Å²) in [6.45, 7) is 2.19. The second kappa shape index (κ2) is 7.03. The van der Waals surface area contributed by atoms with Crippen LogP contribution in [0.1, 0.15) is 28.9 Å². The van der Waals surface area contributed by atoms with Crippen LogP contribution in [0.3, 0.4) is 0 Å². The predicted molar refractivity (Wildman–Crippen MR) is 87.7 cm³/mol. The van der Waals surface area contributed by atoms with Gasteiger partial charge < -0.3 is 10.2 Å². The monoisotopic (exact) mass is 327 g/mol. The molecule has 0 spiro atoms. The molecule has 124 valence electrons. The van der Waals surface area contributed by atoms with Crippen LogP contribution < -0.4 is 10.2 Å². The van der Waals surface area contributed by atoms with Gasteiger partial charge in [-0.25, -0.2) is 9.97 Å². The molecule has 1 N–H and O–H groups in total. The highest BCUT2D eigenvalue weighted by atomic mass is 16.6. The first-order valence-electron chi connectivity index (χ1n) is 7.73. The van der Waals surface area contributed by atoms with Gasteiger partial charge in [0, 0.05) is 37.0 Å². The van der Waals surface area contributed by atoms with Crippen molar-refractivity contribution in [1.82, 2.24) is 15.3 Å². The first kappa shape index (κ1) is 15.9. The van der Waals surface area contributed by atoms with Crippen molar-refractivity contribution in [2.24, 2.45) is 0 Å². The second-order valence-electron chi connectivity index (χ2n) is 5.53. The third-order valence-corrected chi connectivity index (χ3v) is 3.86. The molecular weight excluding hydrogens is 310 g/mol. The van der Waals surface area contributed by atoms with E-state index in [1.54, 1.807) is 12.3 Å². The maximum Gasteiger partial charge on any atom is 0.269 e. The third kappa shape index (κ3) is 3.65. The minimum Gasteiger partial charge on any atom is -0.346 e. The lowest BCUT2D eigenvalue weighted by Crippen LogP contribution is -2.25. The van der Waals surface area contributed by atoms with Crippen molar-refractivity contribution >= 4 is 17.5 Å². The number of anilines is 1. The highest BCUT2D eigenvalue weighted by Gasteiger charge is 2.15. The summed E-state index contributed by atoms with van der Waals surface area (Å²) in [5, 5.41) is 13.4. The molecule has 1 amide bonds. The number of benzene rings is 1. The number of nitro benzene ring substituents is 1. The maximum atomic E-state index is 12.1. The van der Waals surface area contributed by atoms with Gasteiger partial charge in [0.15, 0.2) is 0 Å². The molecule has 1 aromatic heterocycles. The van der Waals surface area contributed by atoms with Crippen LogP contribution in [0.25, 0.3) is 0 Å². The summed E-state index contributed by atoms with van der Waals surface area (Å²) in [5.41, 5.74) is 1.05. The van der Waals surface area contributed by atoms with Gasteiger partial charge in [-0.05, 0) is 31.0 Å². The smallest absolute Gasteiger partial charge is 0.269 e. The van der Waals surface area contributed by atoms with E-state index < -0.39 is 4.92 Å². The van der Waals surface area contributed by atoms with Gasteiger partial charge in [0.2, 0.25) is 5.95 Å². The fourth-order valence-electron chi connectivity index (χ4n) is 2.56. The first-order valence-corrected chi connectivity index (χ1v) is 7.73. The zero-order valence-electron chi connectivity index (χ0n) is 13.0. The second-order valence-corrected chi connectivity index (χ2v) is 5.53. The molecule has 1 aromatic carbocycles. The Kier molecular flexibility index (Phi) is 4.64. The maximum absolute atomic E-state index is 12.1. The number of hydrogen-bond donors (Lipinski definition) is 1. The molecule has 1 fully saturated rings. The zero-order valence-corrected chi connectivity index (χ0v) is 13.0. The summed E-state index contributed by atoms with van der Waals surface area (Å²) in [6, 6.07) is 7.25. The van der Waals surface area contributed by atoms with Gasteiger partial charge in [0.05, 0.1) is 17.2 Å². The summed E-state index contributed by atoms with van der Waals surface area (Å²) in [4.78, 5) is 33.1. The first-order chi connectivity index (χ1) is 11.6. The Bertz CT molecular complexity index is 742. The Morgan fingerprint density at radius 3 is 2.58 bits per heavy atom. The fraction of sp³-hybridized carbons (Fsp3) is 0.312. The summed E-state index contributed by atoms with van der Waals surface area (Å²) in [6.07, 6.45) is 3.98. The molecule has 2 heterocycles. The van der Waals surface area contributed by atoms with Crippen LogP contribution in [0.5, 0.6) is 0 Å². The van der Waals surface area contributed by atoms with E-state index in [0.29, 0.717) is 11.5 Å². The molecular formula is C16H17N5O3. The highest BCUT2D eigenvalue weighted by molar-refractivity contribution is 5.94. The average molecular weight is 327 g/mol. The molecule has 8 heteroatoms. The molecule has 1 aliphatic rings. The van der Waals surface area contributed by atoms with E-state index >= 15 is 0 Å². The van der Waals surface area contributed by atoms with Crippen molar-refractivity contribution in [3.63, 3.8) is 0 Å². The number of nitrogens with zero attached hydrogens (tertiary/aromatic N) is 4. The Balaban J connectivity index is 1.61. The van der Waals surface area contributed by atoms with Gasteiger partial charge in [-0.2, -0.15) is 0 Å². The molecule has 0 bridgehead atoms. The van der Waals surface area contributed by atoms with Crippen LogP contribution in [0.4, 0.5) is 11.6 Å². The van der Waals surface area contributed by atoms with Crippen molar-refractivity contribution in [3.8, 4) is 0 Å². The van der Waals surface area contributed by atoms with Crippen LogP contribution in [0.2, 0.25) is 0 Å². The van der Waals surface area contributed by atoms with Crippen LogP contribution in [-0.2, 0) is 6.54 Å².